The molecule has 32 heavy (non-hydrogen) atoms. The molecule has 0 saturated carbocycles. The molecule has 5 heteroatoms. The second-order valence-electron chi connectivity index (χ2n) is 9.47. The first kappa shape index (κ1) is 20.6. The zero-order valence-electron chi connectivity index (χ0n) is 18.8. The molecule has 1 atom stereocenters. The van der Waals surface area contributed by atoms with Crippen molar-refractivity contribution in [3.63, 3.8) is 0 Å². The van der Waals surface area contributed by atoms with Crippen molar-refractivity contribution < 1.29 is 14.3 Å². The van der Waals surface area contributed by atoms with Gasteiger partial charge in [0, 0.05) is 35.9 Å². The molecule has 0 radical (unpaired) electrons. The van der Waals surface area contributed by atoms with Crippen LogP contribution in [0.4, 0.5) is 5.69 Å². The number of anilines is 1. The summed E-state index contributed by atoms with van der Waals surface area (Å²) in [5.41, 5.74) is 3.53. The van der Waals surface area contributed by atoms with Gasteiger partial charge in [0.2, 0.25) is 5.91 Å². The number of aryl methyl sites for hydroxylation is 1. The van der Waals surface area contributed by atoms with E-state index >= 15 is 0 Å². The molecule has 0 aromatic heterocycles. The number of hydrogen-bond acceptors (Lipinski definition) is 3. The smallest absolute Gasteiger partial charge is 0.258 e. The van der Waals surface area contributed by atoms with E-state index in [4.69, 9.17) is 4.74 Å². The molecule has 2 amide bonds. The fourth-order valence-corrected chi connectivity index (χ4v) is 4.97. The zero-order chi connectivity index (χ0) is 22.5. The van der Waals surface area contributed by atoms with E-state index < -0.39 is 0 Å². The Balaban J connectivity index is 1.25. The number of rotatable bonds is 5. The molecule has 0 unspecified atom stereocenters. The second kappa shape index (κ2) is 7.66. The molecule has 1 N–H and O–H groups in total. The van der Waals surface area contributed by atoms with Gasteiger partial charge in [-0.1, -0.05) is 42.0 Å². The molecule has 0 spiro atoms. The summed E-state index contributed by atoms with van der Waals surface area (Å²) in [6.45, 7) is 6.66. The third kappa shape index (κ3) is 3.62. The Hall–Kier alpha value is -3.34. The Kier molecular flexibility index (Phi) is 4.92. The van der Waals surface area contributed by atoms with Crippen LogP contribution in [0.25, 0.3) is 10.8 Å². The van der Waals surface area contributed by atoms with E-state index in [-0.39, 0.29) is 23.5 Å². The maximum Gasteiger partial charge on any atom is 0.258 e. The summed E-state index contributed by atoms with van der Waals surface area (Å²) in [6.07, 6.45) is 1.70. The summed E-state index contributed by atoms with van der Waals surface area (Å²) in [5, 5.41) is 5.30. The number of nitrogens with zero attached hydrogens (tertiary/aromatic N) is 1. The Morgan fingerprint density at radius 3 is 2.75 bits per heavy atom. The molecule has 5 nitrogen and oxygen atoms in total. The predicted octanol–water partition coefficient (Wildman–Crippen LogP) is 5.31. The summed E-state index contributed by atoms with van der Waals surface area (Å²) in [7, 11) is 0. The summed E-state index contributed by atoms with van der Waals surface area (Å²) in [5.74, 6) is 0.862. The van der Waals surface area contributed by atoms with Gasteiger partial charge in [0.05, 0.1) is 11.7 Å². The van der Waals surface area contributed by atoms with Gasteiger partial charge >= 0.3 is 0 Å². The van der Waals surface area contributed by atoms with Gasteiger partial charge in [-0.2, -0.15) is 0 Å². The predicted molar refractivity (Wildman–Crippen MR) is 126 cm³/mol. The van der Waals surface area contributed by atoms with Crippen molar-refractivity contribution in [2.45, 2.75) is 51.7 Å². The fraction of sp³-hybridized carbons (Fsp3) is 0.333. The SMILES string of the molecule is Cc1ccc2c(c1)[C@@H](NC(=O)CCCN1C(=O)c3cccc4cccc1c34)CC(C)(C)O2. The highest BCUT2D eigenvalue weighted by atomic mass is 16.5. The molecule has 0 saturated heterocycles. The van der Waals surface area contributed by atoms with Crippen molar-refractivity contribution in [3.8, 4) is 5.75 Å². The molecule has 0 aliphatic carbocycles. The van der Waals surface area contributed by atoms with Crippen LogP contribution in [0.1, 0.15) is 60.6 Å². The Morgan fingerprint density at radius 1 is 1.16 bits per heavy atom. The van der Waals surface area contributed by atoms with Crippen LogP contribution in [0.3, 0.4) is 0 Å². The van der Waals surface area contributed by atoms with E-state index in [2.05, 4.69) is 11.4 Å². The lowest BCUT2D eigenvalue weighted by Crippen LogP contribution is -2.41. The van der Waals surface area contributed by atoms with E-state index in [1.54, 1.807) is 4.90 Å². The van der Waals surface area contributed by atoms with Crippen LogP contribution in [0, 0.1) is 6.92 Å². The van der Waals surface area contributed by atoms with Gasteiger partial charge in [-0.3, -0.25) is 9.59 Å². The van der Waals surface area contributed by atoms with Crippen molar-refractivity contribution in [1.29, 1.82) is 0 Å². The average Bonchev–Trinajstić information content (AvgIpc) is 3.02. The van der Waals surface area contributed by atoms with E-state index in [1.165, 1.54) is 0 Å². The van der Waals surface area contributed by atoms with Gasteiger partial charge in [0.15, 0.2) is 0 Å². The number of carbonyl (C=O) groups excluding carboxylic acids is 2. The largest absolute Gasteiger partial charge is 0.487 e. The van der Waals surface area contributed by atoms with Crippen LogP contribution >= 0.6 is 0 Å². The first-order valence-corrected chi connectivity index (χ1v) is 11.2. The van der Waals surface area contributed by atoms with Crippen LogP contribution in [0.15, 0.2) is 54.6 Å². The molecule has 2 aliphatic heterocycles. The van der Waals surface area contributed by atoms with E-state index in [0.29, 0.717) is 19.4 Å². The highest BCUT2D eigenvalue weighted by molar-refractivity contribution is 6.25. The van der Waals surface area contributed by atoms with Gasteiger partial charge < -0.3 is 15.0 Å². The third-order valence-electron chi connectivity index (χ3n) is 6.39. The minimum absolute atomic E-state index is 0.00234. The molecule has 0 fully saturated rings. The molecular weight excluding hydrogens is 400 g/mol. The second-order valence-corrected chi connectivity index (χ2v) is 9.47. The Labute approximate surface area is 188 Å². The van der Waals surface area contributed by atoms with Crippen molar-refractivity contribution in [2.75, 3.05) is 11.4 Å². The van der Waals surface area contributed by atoms with Gasteiger partial charge in [0.25, 0.3) is 5.91 Å². The number of nitrogens with one attached hydrogen (secondary N) is 1. The van der Waals surface area contributed by atoms with E-state index in [9.17, 15) is 9.59 Å². The monoisotopic (exact) mass is 428 g/mol. The van der Waals surface area contributed by atoms with E-state index in [0.717, 1.165) is 45.3 Å². The molecular formula is C27H28N2O3. The van der Waals surface area contributed by atoms with Crippen molar-refractivity contribution in [1.82, 2.24) is 5.32 Å². The number of hydrogen-bond donors (Lipinski definition) is 1. The highest BCUT2D eigenvalue weighted by Gasteiger charge is 2.34. The first-order valence-electron chi connectivity index (χ1n) is 11.2. The first-order chi connectivity index (χ1) is 15.3. The molecule has 2 heterocycles. The lowest BCUT2D eigenvalue weighted by atomic mass is 9.89. The number of fused-ring (bicyclic) bond motifs is 1. The Bertz CT molecular complexity index is 1230. The number of benzene rings is 3. The van der Waals surface area contributed by atoms with Gasteiger partial charge in [-0.05, 0) is 50.8 Å². The molecule has 5 rings (SSSR count). The van der Waals surface area contributed by atoms with Gasteiger partial charge in [0.1, 0.15) is 11.4 Å². The topological polar surface area (TPSA) is 58.6 Å². The minimum Gasteiger partial charge on any atom is -0.487 e. The number of carbonyl (C=O) groups is 2. The maximum atomic E-state index is 12.9. The summed E-state index contributed by atoms with van der Waals surface area (Å²) in [4.78, 5) is 27.6. The fourth-order valence-electron chi connectivity index (χ4n) is 4.97. The lowest BCUT2D eigenvalue weighted by Gasteiger charge is -2.38. The number of amides is 2. The normalized spacial score (nSPS) is 18.4. The van der Waals surface area contributed by atoms with Crippen LogP contribution in [-0.2, 0) is 4.79 Å². The summed E-state index contributed by atoms with van der Waals surface area (Å²) >= 11 is 0. The van der Waals surface area contributed by atoms with Crippen molar-refractivity contribution in [3.05, 3.63) is 71.3 Å². The van der Waals surface area contributed by atoms with Crippen molar-refractivity contribution in [2.24, 2.45) is 0 Å². The Morgan fingerprint density at radius 2 is 1.94 bits per heavy atom. The quantitative estimate of drug-likeness (QED) is 0.599. The summed E-state index contributed by atoms with van der Waals surface area (Å²) in [6, 6.07) is 17.9. The van der Waals surface area contributed by atoms with Gasteiger partial charge in [-0.25, -0.2) is 0 Å². The van der Waals surface area contributed by atoms with Crippen molar-refractivity contribution >= 4 is 28.3 Å². The molecule has 3 aromatic carbocycles. The molecule has 0 bridgehead atoms. The van der Waals surface area contributed by atoms with Crippen LogP contribution in [0.5, 0.6) is 5.75 Å². The van der Waals surface area contributed by atoms with E-state index in [1.807, 2.05) is 69.3 Å². The molecule has 2 aliphatic rings. The van der Waals surface area contributed by atoms with Gasteiger partial charge in [-0.15, -0.1) is 0 Å². The average molecular weight is 429 g/mol. The number of ether oxygens (including phenoxy) is 1. The minimum atomic E-state index is -0.341. The maximum absolute atomic E-state index is 12.9. The lowest BCUT2D eigenvalue weighted by molar-refractivity contribution is -0.122. The summed E-state index contributed by atoms with van der Waals surface area (Å²) < 4.78 is 6.11. The zero-order valence-corrected chi connectivity index (χ0v) is 18.8. The molecule has 3 aromatic rings. The molecule has 164 valence electrons. The van der Waals surface area contributed by atoms with Crippen LogP contribution < -0.4 is 15.0 Å². The highest BCUT2D eigenvalue weighted by Crippen LogP contribution is 2.40. The standard InChI is InChI=1S/C27H28N2O3/c1-17-12-13-23-20(15-17)21(16-27(2,3)32-23)28-24(30)11-6-14-29-22-10-5-8-18-7-4-9-19(25(18)22)26(29)31/h4-5,7-10,12-13,15,21H,6,11,14,16H2,1-3H3,(H,28,30)/t21-/m0/s1. The third-order valence-corrected chi connectivity index (χ3v) is 6.39. The van der Waals surface area contributed by atoms with Crippen LogP contribution in [-0.4, -0.2) is 24.0 Å². The van der Waals surface area contributed by atoms with Crippen LogP contribution in [0.2, 0.25) is 0 Å².